The minimum Gasteiger partial charge on any atom is -0.497 e. The number of rotatable bonds is 5. The molecule has 0 spiro atoms. The van der Waals surface area contributed by atoms with Crippen molar-refractivity contribution in [2.24, 2.45) is 5.92 Å². The lowest BCUT2D eigenvalue weighted by molar-refractivity contribution is -0.120. The Bertz CT molecular complexity index is 750. The molecule has 0 aliphatic carbocycles. The highest BCUT2D eigenvalue weighted by molar-refractivity contribution is 5.94. The van der Waals surface area contributed by atoms with Crippen LogP contribution in [-0.2, 0) is 4.79 Å². The molecular formula is C21H26N2O3. The molecule has 2 aromatic rings. The number of hydrogen-bond acceptors (Lipinski definition) is 4. The van der Waals surface area contributed by atoms with Crippen molar-refractivity contribution in [2.45, 2.75) is 19.8 Å². The van der Waals surface area contributed by atoms with E-state index in [1.54, 1.807) is 20.3 Å². The lowest BCUT2D eigenvalue weighted by Crippen LogP contribution is -2.38. The molecule has 1 N–H and O–H groups in total. The molecule has 1 amide bonds. The largest absolute Gasteiger partial charge is 0.497 e. The first-order valence-electron chi connectivity index (χ1n) is 8.95. The fraction of sp³-hybridized carbons (Fsp3) is 0.381. The number of nitrogens with zero attached hydrogens (tertiary/aromatic N) is 1. The van der Waals surface area contributed by atoms with Gasteiger partial charge in [0.05, 0.1) is 19.9 Å². The Kier molecular flexibility index (Phi) is 5.66. The van der Waals surface area contributed by atoms with Crippen LogP contribution in [0, 0.1) is 12.8 Å². The van der Waals surface area contributed by atoms with Crippen LogP contribution in [0.2, 0.25) is 0 Å². The molecular weight excluding hydrogens is 328 g/mol. The van der Waals surface area contributed by atoms with Gasteiger partial charge in [-0.3, -0.25) is 4.79 Å². The van der Waals surface area contributed by atoms with Gasteiger partial charge >= 0.3 is 0 Å². The van der Waals surface area contributed by atoms with Crippen LogP contribution in [0.15, 0.2) is 42.5 Å². The Labute approximate surface area is 154 Å². The van der Waals surface area contributed by atoms with Crippen LogP contribution in [0.5, 0.6) is 11.5 Å². The average Bonchev–Trinajstić information content (AvgIpc) is 2.69. The number of nitrogens with one attached hydrogen (secondary N) is 1. The predicted octanol–water partition coefficient (Wildman–Crippen LogP) is 3.87. The minimum absolute atomic E-state index is 0.0171. The van der Waals surface area contributed by atoms with Crippen molar-refractivity contribution >= 4 is 17.3 Å². The molecule has 1 aliphatic rings. The second-order valence-electron chi connectivity index (χ2n) is 6.65. The first-order valence-corrected chi connectivity index (χ1v) is 8.95. The summed E-state index contributed by atoms with van der Waals surface area (Å²) in [5, 5.41) is 3.01. The number of piperidine rings is 1. The van der Waals surface area contributed by atoms with Gasteiger partial charge < -0.3 is 19.7 Å². The molecule has 138 valence electrons. The molecule has 0 atom stereocenters. The van der Waals surface area contributed by atoms with E-state index in [1.165, 1.54) is 11.3 Å². The van der Waals surface area contributed by atoms with Gasteiger partial charge in [-0.05, 0) is 44.0 Å². The summed E-state index contributed by atoms with van der Waals surface area (Å²) in [4.78, 5) is 15.0. The van der Waals surface area contributed by atoms with Crippen LogP contribution in [-0.4, -0.2) is 33.2 Å². The van der Waals surface area contributed by atoms with Gasteiger partial charge in [0, 0.05) is 30.8 Å². The summed E-state index contributed by atoms with van der Waals surface area (Å²) < 4.78 is 10.6. The van der Waals surface area contributed by atoms with E-state index in [9.17, 15) is 4.79 Å². The van der Waals surface area contributed by atoms with Crippen LogP contribution in [0.4, 0.5) is 11.4 Å². The quantitative estimate of drug-likeness (QED) is 0.886. The van der Waals surface area contributed by atoms with E-state index >= 15 is 0 Å². The van der Waals surface area contributed by atoms with Gasteiger partial charge in [0.2, 0.25) is 5.91 Å². The monoisotopic (exact) mass is 354 g/mol. The maximum atomic E-state index is 12.7. The molecule has 0 bridgehead atoms. The second kappa shape index (κ2) is 8.13. The van der Waals surface area contributed by atoms with Crippen molar-refractivity contribution in [3.05, 3.63) is 48.0 Å². The summed E-state index contributed by atoms with van der Waals surface area (Å²) in [5.74, 6) is 1.38. The molecule has 5 nitrogen and oxygen atoms in total. The van der Waals surface area contributed by atoms with E-state index in [0.29, 0.717) is 17.2 Å². The van der Waals surface area contributed by atoms with Crippen LogP contribution < -0.4 is 19.7 Å². The number of benzene rings is 2. The van der Waals surface area contributed by atoms with Crippen LogP contribution in [0.25, 0.3) is 0 Å². The number of methoxy groups -OCH3 is 2. The summed E-state index contributed by atoms with van der Waals surface area (Å²) in [6.45, 7) is 3.87. The fourth-order valence-corrected chi connectivity index (χ4v) is 3.29. The first-order chi connectivity index (χ1) is 12.6. The number of hydrogen-bond donors (Lipinski definition) is 1. The number of carbonyl (C=O) groups is 1. The zero-order chi connectivity index (χ0) is 18.5. The standard InChI is InChI=1S/C21H26N2O3/c1-15-4-6-17(7-5-15)23-12-10-16(11-13-23)21(24)22-19-9-8-18(25-2)14-20(19)26-3/h4-9,14,16H,10-13H2,1-3H3,(H,22,24). The summed E-state index contributed by atoms with van der Waals surface area (Å²) in [6.07, 6.45) is 1.69. The Balaban J connectivity index is 1.59. The van der Waals surface area contributed by atoms with Crippen molar-refractivity contribution in [3.63, 3.8) is 0 Å². The average molecular weight is 354 g/mol. The normalized spacial score (nSPS) is 14.8. The van der Waals surface area contributed by atoms with Gasteiger partial charge in [-0.1, -0.05) is 17.7 Å². The molecule has 1 saturated heterocycles. The topological polar surface area (TPSA) is 50.8 Å². The van der Waals surface area contributed by atoms with Crippen LogP contribution >= 0.6 is 0 Å². The molecule has 0 unspecified atom stereocenters. The molecule has 0 aromatic heterocycles. The van der Waals surface area contributed by atoms with Crippen molar-refractivity contribution in [1.29, 1.82) is 0 Å². The number of amides is 1. The Morgan fingerprint density at radius 2 is 1.73 bits per heavy atom. The van der Waals surface area contributed by atoms with Gasteiger partial charge in [-0.15, -0.1) is 0 Å². The van der Waals surface area contributed by atoms with Crippen molar-refractivity contribution in [2.75, 3.05) is 37.5 Å². The van der Waals surface area contributed by atoms with Crippen molar-refractivity contribution in [1.82, 2.24) is 0 Å². The van der Waals surface area contributed by atoms with Gasteiger partial charge in [-0.25, -0.2) is 0 Å². The van der Waals surface area contributed by atoms with Crippen molar-refractivity contribution < 1.29 is 14.3 Å². The third-order valence-corrected chi connectivity index (χ3v) is 4.93. The highest BCUT2D eigenvalue weighted by Gasteiger charge is 2.25. The van der Waals surface area contributed by atoms with Gasteiger partial charge in [0.25, 0.3) is 0 Å². The third kappa shape index (κ3) is 4.10. The Morgan fingerprint density at radius 3 is 2.35 bits per heavy atom. The van der Waals surface area contributed by atoms with E-state index in [2.05, 4.69) is 41.4 Å². The second-order valence-corrected chi connectivity index (χ2v) is 6.65. The number of aryl methyl sites for hydroxylation is 1. The summed E-state index contributed by atoms with van der Waals surface area (Å²) >= 11 is 0. The molecule has 26 heavy (non-hydrogen) atoms. The molecule has 1 heterocycles. The maximum Gasteiger partial charge on any atom is 0.227 e. The maximum absolute atomic E-state index is 12.7. The van der Waals surface area contributed by atoms with Gasteiger partial charge in [0.1, 0.15) is 11.5 Å². The highest BCUT2D eigenvalue weighted by atomic mass is 16.5. The number of ether oxygens (including phenoxy) is 2. The molecule has 3 rings (SSSR count). The number of anilines is 2. The van der Waals surface area contributed by atoms with Gasteiger partial charge in [-0.2, -0.15) is 0 Å². The SMILES string of the molecule is COc1ccc(NC(=O)C2CCN(c3ccc(C)cc3)CC2)c(OC)c1. The zero-order valence-electron chi connectivity index (χ0n) is 15.6. The Hall–Kier alpha value is -2.69. The van der Waals surface area contributed by atoms with E-state index < -0.39 is 0 Å². The Morgan fingerprint density at radius 1 is 1.04 bits per heavy atom. The molecule has 1 aliphatic heterocycles. The van der Waals surface area contributed by atoms with Crippen molar-refractivity contribution in [3.8, 4) is 11.5 Å². The van der Waals surface area contributed by atoms with Crippen LogP contribution in [0.3, 0.4) is 0 Å². The van der Waals surface area contributed by atoms with E-state index in [0.717, 1.165) is 25.9 Å². The lowest BCUT2D eigenvalue weighted by Gasteiger charge is -2.33. The lowest BCUT2D eigenvalue weighted by atomic mass is 9.95. The van der Waals surface area contributed by atoms with Crippen LogP contribution in [0.1, 0.15) is 18.4 Å². The van der Waals surface area contributed by atoms with Gasteiger partial charge in [0.15, 0.2) is 0 Å². The van der Waals surface area contributed by atoms with E-state index in [-0.39, 0.29) is 11.8 Å². The summed E-state index contributed by atoms with van der Waals surface area (Å²) in [7, 11) is 3.19. The minimum atomic E-state index is 0.0171. The molecule has 0 radical (unpaired) electrons. The molecule has 5 heteroatoms. The fourth-order valence-electron chi connectivity index (χ4n) is 3.29. The smallest absolute Gasteiger partial charge is 0.227 e. The highest BCUT2D eigenvalue weighted by Crippen LogP contribution is 2.30. The molecule has 0 saturated carbocycles. The molecule has 1 fully saturated rings. The predicted molar refractivity (Wildman–Crippen MR) is 104 cm³/mol. The summed E-state index contributed by atoms with van der Waals surface area (Å²) in [6, 6.07) is 14.0. The summed E-state index contributed by atoms with van der Waals surface area (Å²) in [5.41, 5.74) is 3.17. The van der Waals surface area contributed by atoms with E-state index in [4.69, 9.17) is 9.47 Å². The third-order valence-electron chi connectivity index (χ3n) is 4.93. The van der Waals surface area contributed by atoms with E-state index in [1.807, 2.05) is 12.1 Å². The first kappa shape index (κ1) is 18.1. The number of carbonyl (C=O) groups excluding carboxylic acids is 1. The molecule has 2 aromatic carbocycles. The zero-order valence-corrected chi connectivity index (χ0v) is 15.6.